The first-order chi connectivity index (χ1) is 8.04. The molecular formula is C14H21NO2. The number of Topliss-reactive ketones (excluding diaryl/α,β-unsaturated/α-hetero) is 1. The maximum atomic E-state index is 12.1. The molecule has 0 saturated heterocycles. The molecule has 0 saturated carbocycles. The summed E-state index contributed by atoms with van der Waals surface area (Å²) in [6.07, 6.45) is 0. The lowest BCUT2D eigenvalue weighted by molar-refractivity contribution is 0.0937. The van der Waals surface area contributed by atoms with Gasteiger partial charge in [0.25, 0.3) is 0 Å². The largest absolute Gasteiger partial charge is 0.496 e. The lowest BCUT2D eigenvalue weighted by atomic mass is 10.1. The predicted molar refractivity (Wildman–Crippen MR) is 69.7 cm³/mol. The van der Waals surface area contributed by atoms with Gasteiger partial charge in [-0.2, -0.15) is 0 Å². The van der Waals surface area contributed by atoms with Gasteiger partial charge in [0.15, 0.2) is 5.78 Å². The van der Waals surface area contributed by atoms with Gasteiger partial charge in [-0.3, -0.25) is 9.69 Å². The molecule has 0 radical (unpaired) electrons. The van der Waals surface area contributed by atoms with Gasteiger partial charge in [-0.05, 0) is 25.1 Å². The second-order valence-corrected chi connectivity index (χ2v) is 4.71. The fraction of sp³-hybridized carbons (Fsp3) is 0.500. The maximum Gasteiger partial charge on any atom is 0.180 e. The fourth-order valence-corrected chi connectivity index (χ4v) is 1.89. The zero-order valence-corrected chi connectivity index (χ0v) is 11.1. The quantitative estimate of drug-likeness (QED) is 0.709. The van der Waals surface area contributed by atoms with E-state index < -0.39 is 0 Å². The first-order valence-electron chi connectivity index (χ1n) is 5.89. The summed E-state index contributed by atoms with van der Waals surface area (Å²) >= 11 is 0. The molecule has 0 aliphatic carbocycles. The van der Waals surface area contributed by atoms with Crippen LogP contribution in [0.1, 0.15) is 24.2 Å². The van der Waals surface area contributed by atoms with Crippen LogP contribution in [0.25, 0.3) is 0 Å². The molecule has 0 heterocycles. The van der Waals surface area contributed by atoms with Crippen LogP contribution in [0.5, 0.6) is 5.75 Å². The molecule has 0 aliphatic heterocycles. The Hall–Kier alpha value is -1.35. The van der Waals surface area contributed by atoms with Gasteiger partial charge in [0.2, 0.25) is 0 Å². The van der Waals surface area contributed by atoms with Crippen molar-refractivity contribution in [2.24, 2.45) is 5.92 Å². The second kappa shape index (κ2) is 6.40. The molecule has 0 spiro atoms. The Morgan fingerprint density at radius 3 is 2.59 bits per heavy atom. The van der Waals surface area contributed by atoms with Crippen LogP contribution >= 0.6 is 0 Å². The van der Waals surface area contributed by atoms with Crippen LogP contribution in [0.3, 0.4) is 0 Å². The Morgan fingerprint density at radius 2 is 2.00 bits per heavy atom. The van der Waals surface area contributed by atoms with E-state index in [1.165, 1.54) is 0 Å². The van der Waals surface area contributed by atoms with Crippen LogP contribution < -0.4 is 4.74 Å². The molecule has 3 heteroatoms. The van der Waals surface area contributed by atoms with E-state index in [9.17, 15) is 4.79 Å². The summed E-state index contributed by atoms with van der Waals surface area (Å²) in [5.41, 5.74) is 0.658. The van der Waals surface area contributed by atoms with Gasteiger partial charge in [0.1, 0.15) is 5.75 Å². The Morgan fingerprint density at radius 1 is 1.35 bits per heavy atom. The smallest absolute Gasteiger partial charge is 0.180 e. The molecule has 1 rings (SSSR count). The van der Waals surface area contributed by atoms with Crippen molar-refractivity contribution < 1.29 is 9.53 Å². The molecule has 0 amide bonds. The number of likely N-dealkylation sites (N-methyl/N-ethyl adjacent to an activating group) is 1. The van der Waals surface area contributed by atoms with Crippen LogP contribution in [0.4, 0.5) is 0 Å². The minimum absolute atomic E-state index is 0.102. The molecule has 1 aromatic carbocycles. The molecule has 0 atom stereocenters. The first-order valence-corrected chi connectivity index (χ1v) is 5.89. The average Bonchev–Trinajstić information content (AvgIpc) is 2.27. The van der Waals surface area contributed by atoms with Crippen LogP contribution in [-0.2, 0) is 0 Å². The Balaban J connectivity index is 2.69. The van der Waals surface area contributed by atoms with E-state index >= 15 is 0 Å². The van der Waals surface area contributed by atoms with Crippen LogP contribution in [0.15, 0.2) is 24.3 Å². The van der Waals surface area contributed by atoms with E-state index in [-0.39, 0.29) is 5.78 Å². The Labute approximate surface area is 103 Å². The number of ether oxygens (including phenoxy) is 1. The number of nitrogens with zero attached hydrogens (tertiary/aromatic N) is 1. The van der Waals surface area contributed by atoms with Crippen molar-refractivity contribution in [3.63, 3.8) is 0 Å². The summed E-state index contributed by atoms with van der Waals surface area (Å²) in [5, 5.41) is 0. The highest BCUT2D eigenvalue weighted by molar-refractivity contribution is 6.00. The molecule has 0 fully saturated rings. The third kappa shape index (κ3) is 4.19. The van der Waals surface area contributed by atoms with Crippen molar-refractivity contribution in [2.75, 3.05) is 27.2 Å². The number of para-hydroxylation sites is 1. The van der Waals surface area contributed by atoms with E-state index in [4.69, 9.17) is 4.74 Å². The summed E-state index contributed by atoms with van der Waals surface area (Å²) in [4.78, 5) is 14.1. The van der Waals surface area contributed by atoms with Gasteiger partial charge in [-0.25, -0.2) is 0 Å². The van der Waals surface area contributed by atoms with E-state index in [2.05, 4.69) is 13.8 Å². The van der Waals surface area contributed by atoms with E-state index in [0.29, 0.717) is 23.8 Å². The number of hydrogen-bond acceptors (Lipinski definition) is 3. The number of methoxy groups -OCH3 is 1. The highest BCUT2D eigenvalue weighted by Gasteiger charge is 2.14. The molecule has 3 nitrogen and oxygen atoms in total. The summed E-state index contributed by atoms with van der Waals surface area (Å²) in [6, 6.07) is 7.35. The Kier molecular flexibility index (Phi) is 5.16. The van der Waals surface area contributed by atoms with Crippen molar-refractivity contribution in [1.29, 1.82) is 0 Å². The summed E-state index contributed by atoms with van der Waals surface area (Å²) in [5.74, 6) is 1.31. The standard InChI is InChI=1S/C14H21NO2/c1-11(2)9-15(3)10-13(16)12-7-5-6-8-14(12)17-4/h5-8,11H,9-10H2,1-4H3. The minimum Gasteiger partial charge on any atom is -0.496 e. The normalized spacial score (nSPS) is 10.9. The number of carbonyl (C=O) groups excluding carboxylic acids is 1. The predicted octanol–water partition coefficient (Wildman–Crippen LogP) is 2.47. The minimum atomic E-state index is 0.102. The molecule has 0 unspecified atom stereocenters. The van der Waals surface area contributed by atoms with Crippen molar-refractivity contribution in [3.8, 4) is 5.75 Å². The van der Waals surface area contributed by atoms with Crippen LogP contribution in [0.2, 0.25) is 0 Å². The molecular weight excluding hydrogens is 214 g/mol. The Bertz CT molecular complexity index is 374. The molecule has 0 aliphatic rings. The zero-order valence-electron chi connectivity index (χ0n) is 11.1. The number of carbonyl (C=O) groups is 1. The number of hydrogen-bond donors (Lipinski definition) is 0. The van der Waals surface area contributed by atoms with Gasteiger partial charge in [0.05, 0.1) is 19.2 Å². The lowest BCUT2D eigenvalue weighted by Gasteiger charge is -2.18. The van der Waals surface area contributed by atoms with Crippen molar-refractivity contribution in [2.45, 2.75) is 13.8 Å². The molecule has 1 aromatic rings. The van der Waals surface area contributed by atoms with E-state index in [0.717, 1.165) is 6.54 Å². The number of rotatable bonds is 6. The first kappa shape index (κ1) is 13.7. The second-order valence-electron chi connectivity index (χ2n) is 4.71. The third-order valence-corrected chi connectivity index (χ3v) is 2.50. The van der Waals surface area contributed by atoms with Gasteiger partial charge < -0.3 is 4.74 Å². The van der Waals surface area contributed by atoms with Crippen LogP contribution in [0, 0.1) is 5.92 Å². The third-order valence-electron chi connectivity index (χ3n) is 2.50. The summed E-state index contributed by atoms with van der Waals surface area (Å²) in [6.45, 7) is 5.63. The van der Waals surface area contributed by atoms with Gasteiger partial charge >= 0.3 is 0 Å². The van der Waals surface area contributed by atoms with E-state index in [1.807, 2.05) is 36.2 Å². The van der Waals surface area contributed by atoms with E-state index in [1.54, 1.807) is 7.11 Å². The summed E-state index contributed by atoms with van der Waals surface area (Å²) < 4.78 is 5.19. The maximum absolute atomic E-state index is 12.1. The summed E-state index contributed by atoms with van der Waals surface area (Å²) in [7, 11) is 3.55. The zero-order chi connectivity index (χ0) is 12.8. The topological polar surface area (TPSA) is 29.5 Å². The van der Waals surface area contributed by atoms with Crippen molar-refractivity contribution in [3.05, 3.63) is 29.8 Å². The van der Waals surface area contributed by atoms with Crippen molar-refractivity contribution in [1.82, 2.24) is 4.90 Å². The molecule has 0 aromatic heterocycles. The van der Waals surface area contributed by atoms with Crippen molar-refractivity contribution >= 4 is 5.78 Å². The lowest BCUT2D eigenvalue weighted by Crippen LogP contribution is -2.29. The number of benzene rings is 1. The monoisotopic (exact) mass is 235 g/mol. The molecule has 94 valence electrons. The molecule has 17 heavy (non-hydrogen) atoms. The highest BCUT2D eigenvalue weighted by Crippen LogP contribution is 2.18. The van der Waals surface area contributed by atoms with Gasteiger partial charge in [0, 0.05) is 6.54 Å². The van der Waals surface area contributed by atoms with Crippen LogP contribution in [-0.4, -0.2) is 37.9 Å². The van der Waals surface area contributed by atoms with Gasteiger partial charge in [-0.15, -0.1) is 0 Å². The van der Waals surface area contributed by atoms with Gasteiger partial charge in [-0.1, -0.05) is 26.0 Å². The fourth-order valence-electron chi connectivity index (χ4n) is 1.89. The number of ketones is 1. The highest BCUT2D eigenvalue weighted by atomic mass is 16.5. The SMILES string of the molecule is COc1ccccc1C(=O)CN(C)CC(C)C. The molecule has 0 bridgehead atoms. The molecule has 0 N–H and O–H groups in total. The average molecular weight is 235 g/mol.